The normalized spacial score (nSPS) is 23.9. The number of hydrogen-bond acceptors (Lipinski definition) is 3. The number of rotatable bonds is 3. The van der Waals surface area contributed by atoms with Crippen LogP contribution >= 0.6 is 0 Å². The van der Waals surface area contributed by atoms with Crippen molar-refractivity contribution in [3.63, 3.8) is 0 Å². The van der Waals surface area contributed by atoms with E-state index in [-0.39, 0.29) is 0 Å². The maximum absolute atomic E-state index is 4.78. The third-order valence-corrected chi connectivity index (χ3v) is 2.59. The lowest BCUT2D eigenvalue weighted by Gasteiger charge is -2.39. The summed E-state index contributed by atoms with van der Waals surface area (Å²) in [6.45, 7) is 4.40. The van der Waals surface area contributed by atoms with Gasteiger partial charge in [0, 0.05) is 25.2 Å². The van der Waals surface area contributed by atoms with Crippen molar-refractivity contribution < 1.29 is 4.52 Å². The SMILES string of the molecule is CCC1CCN1Cc1ccon1. The predicted molar refractivity (Wildman–Crippen MR) is 45.6 cm³/mol. The number of aromatic nitrogens is 1. The average Bonchev–Trinajstić information content (AvgIpc) is 2.51. The highest BCUT2D eigenvalue weighted by molar-refractivity contribution is 4.97. The zero-order valence-electron chi connectivity index (χ0n) is 7.36. The zero-order chi connectivity index (χ0) is 8.39. The molecule has 0 saturated carbocycles. The lowest BCUT2D eigenvalue weighted by Crippen LogP contribution is -2.46. The molecule has 0 amide bonds. The molecule has 12 heavy (non-hydrogen) atoms. The predicted octanol–water partition coefficient (Wildman–Crippen LogP) is 1.66. The van der Waals surface area contributed by atoms with E-state index in [9.17, 15) is 0 Å². The monoisotopic (exact) mass is 166 g/mol. The number of likely N-dealkylation sites (tertiary alicyclic amines) is 1. The topological polar surface area (TPSA) is 29.3 Å². The van der Waals surface area contributed by atoms with Crippen molar-refractivity contribution in [3.8, 4) is 0 Å². The summed E-state index contributed by atoms with van der Waals surface area (Å²) in [5.74, 6) is 0. The van der Waals surface area contributed by atoms with E-state index in [0.717, 1.165) is 18.3 Å². The van der Waals surface area contributed by atoms with E-state index in [1.54, 1.807) is 6.26 Å². The van der Waals surface area contributed by atoms with Crippen molar-refractivity contribution >= 4 is 0 Å². The van der Waals surface area contributed by atoms with Crippen molar-refractivity contribution in [2.75, 3.05) is 6.54 Å². The molecule has 1 aromatic heterocycles. The van der Waals surface area contributed by atoms with Gasteiger partial charge in [0.1, 0.15) is 6.26 Å². The van der Waals surface area contributed by atoms with Crippen LogP contribution in [0, 0.1) is 0 Å². The Labute approximate surface area is 72.3 Å². The molecule has 3 nitrogen and oxygen atoms in total. The Bertz CT molecular complexity index is 231. The minimum Gasteiger partial charge on any atom is -0.364 e. The Balaban J connectivity index is 1.88. The molecule has 0 aliphatic carbocycles. The van der Waals surface area contributed by atoms with E-state index in [2.05, 4.69) is 17.0 Å². The molecule has 66 valence electrons. The van der Waals surface area contributed by atoms with Crippen molar-refractivity contribution in [3.05, 3.63) is 18.0 Å². The molecule has 1 atom stereocenters. The van der Waals surface area contributed by atoms with E-state index >= 15 is 0 Å². The largest absolute Gasteiger partial charge is 0.364 e. The first-order valence-corrected chi connectivity index (χ1v) is 4.53. The van der Waals surface area contributed by atoms with Gasteiger partial charge in [0.15, 0.2) is 0 Å². The summed E-state index contributed by atoms with van der Waals surface area (Å²) in [4.78, 5) is 2.44. The first kappa shape index (κ1) is 7.80. The van der Waals surface area contributed by atoms with Crippen LogP contribution in [-0.4, -0.2) is 22.6 Å². The van der Waals surface area contributed by atoms with Gasteiger partial charge < -0.3 is 4.52 Å². The van der Waals surface area contributed by atoms with Gasteiger partial charge in [-0.05, 0) is 12.8 Å². The molecular weight excluding hydrogens is 152 g/mol. The van der Waals surface area contributed by atoms with Gasteiger partial charge in [-0.3, -0.25) is 4.90 Å². The first-order chi connectivity index (χ1) is 5.90. The van der Waals surface area contributed by atoms with Crippen LogP contribution in [0.4, 0.5) is 0 Å². The zero-order valence-corrected chi connectivity index (χ0v) is 7.36. The maximum Gasteiger partial charge on any atom is 0.124 e. The highest BCUT2D eigenvalue weighted by atomic mass is 16.5. The standard InChI is InChI=1S/C9H14N2O/c1-2-9-3-5-11(9)7-8-4-6-12-10-8/h4,6,9H,2-3,5,7H2,1H3. The van der Waals surface area contributed by atoms with Gasteiger partial charge in [-0.25, -0.2) is 0 Å². The molecule has 1 aromatic rings. The summed E-state index contributed by atoms with van der Waals surface area (Å²) in [6, 6.07) is 2.71. The van der Waals surface area contributed by atoms with Crippen molar-refractivity contribution in [1.29, 1.82) is 0 Å². The molecule has 3 heteroatoms. The van der Waals surface area contributed by atoms with Crippen LogP contribution in [0.15, 0.2) is 16.9 Å². The molecule has 1 aliphatic rings. The van der Waals surface area contributed by atoms with Gasteiger partial charge >= 0.3 is 0 Å². The summed E-state index contributed by atoms with van der Waals surface area (Å²) < 4.78 is 4.78. The van der Waals surface area contributed by atoms with Gasteiger partial charge in [-0.1, -0.05) is 12.1 Å². The Morgan fingerprint density at radius 1 is 1.75 bits per heavy atom. The fourth-order valence-corrected chi connectivity index (χ4v) is 1.69. The second-order valence-electron chi connectivity index (χ2n) is 3.31. The van der Waals surface area contributed by atoms with Crippen molar-refractivity contribution in [1.82, 2.24) is 10.1 Å². The Morgan fingerprint density at radius 3 is 3.17 bits per heavy atom. The molecule has 1 saturated heterocycles. The molecule has 0 radical (unpaired) electrons. The third-order valence-electron chi connectivity index (χ3n) is 2.59. The quantitative estimate of drug-likeness (QED) is 0.683. The molecule has 0 bridgehead atoms. The van der Waals surface area contributed by atoms with Crippen molar-refractivity contribution in [2.24, 2.45) is 0 Å². The van der Waals surface area contributed by atoms with E-state index in [4.69, 9.17) is 4.52 Å². The molecule has 1 aliphatic heterocycles. The van der Waals surface area contributed by atoms with Gasteiger partial charge in [-0.2, -0.15) is 0 Å². The molecule has 2 rings (SSSR count). The summed E-state index contributed by atoms with van der Waals surface area (Å²) in [5, 5.41) is 3.89. The van der Waals surface area contributed by atoms with Crippen LogP contribution in [0.2, 0.25) is 0 Å². The van der Waals surface area contributed by atoms with E-state index < -0.39 is 0 Å². The second kappa shape index (κ2) is 3.27. The van der Waals surface area contributed by atoms with Crippen LogP contribution in [0.1, 0.15) is 25.5 Å². The number of hydrogen-bond donors (Lipinski definition) is 0. The summed E-state index contributed by atoms with van der Waals surface area (Å²) in [5.41, 5.74) is 1.05. The minimum absolute atomic E-state index is 0.779. The third kappa shape index (κ3) is 1.37. The molecule has 0 N–H and O–H groups in total. The molecule has 0 spiro atoms. The molecular formula is C9H14N2O. The van der Waals surface area contributed by atoms with E-state index in [0.29, 0.717) is 0 Å². The maximum atomic E-state index is 4.78. The summed E-state index contributed by atoms with van der Waals surface area (Å²) in [6.07, 6.45) is 4.22. The van der Waals surface area contributed by atoms with Gasteiger partial charge in [0.05, 0.1) is 5.69 Å². The van der Waals surface area contributed by atoms with Gasteiger partial charge in [0.2, 0.25) is 0 Å². The molecule has 1 unspecified atom stereocenters. The lowest BCUT2D eigenvalue weighted by atomic mass is 10.0. The molecule has 1 fully saturated rings. The summed E-state index contributed by atoms with van der Waals surface area (Å²) in [7, 11) is 0. The van der Waals surface area contributed by atoms with Gasteiger partial charge in [0.25, 0.3) is 0 Å². The Kier molecular flexibility index (Phi) is 2.13. The van der Waals surface area contributed by atoms with Crippen molar-refractivity contribution in [2.45, 2.75) is 32.4 Å². The fourth-order valence-electron chi connectivity index (χ4n) is 1.69. The Hall–Kier alpha value is -0.830. The molecule has 0 aromatic carbocycles. The molecule has 2 heterocycles. The van der Waals surface area contributed by atoms with Crippen LogP contribution in [0.3, 0.4) is 0 Å². The van der Waals surface area contributed by atoms with Crippen LogP contribution in [0.5, 0.6) is 0 Å². The van der Waals surface area contributed by atoms with Gasteiger partial charge in [-0.15, -0.1) is 0 Å². The fraction of sp³-hybridized carbons (Fsp3) is 0.667. The minimum atomic E-state index is 0.779. The van der Waals surface area contributed by atoms with Crippen LogP contribution in [-0.2, 0) is 6.54 Å². The highest BCUT2D eigenvalue weighted by Crippen LogP contribution is 2.21. The summed E-state index contributed by atoms with van der Waals surface area (Å²) >= 11 is 0. The first-order valence-electron chi connectivity index (χ1n) is 4.53. The average molecular weight is 166 g/mol. The smallest absolute Gasteiger partial charge is 0.124 e. The Morgan fingerprint density at radius 2 is 2.67 bits per heavy atom. The number of nitrogens with zero attached hydrogens (tertiary/aromatic N) is 2. The lowest BCUT2D eigenvalue weighted by molar-refractivity contribution is 0.0765. The van der Waals surface area contributed by atoms with Crippen LogP contribution < -0.4 is 0 Å². The van der Waals surface area contributed by atoms with Crippen LogP contribution in [0.25, 0.3) is 0 Å². The van der Waals surface area contributed by atoms with E-state index in [1.807, 2.05) is 6.07 Å². The second-order valence-corrected chi connectivity index (χ2v) is 3.31. The van der Waals surface area contributed by atoms with E-state index in [1.165, 1.54) is 19.4 Å². The highest BCUT2D eigenvalue weighted by Gasteiger charge is 2.26.